The molecule has 0 bridgehead atoms. The standard InChI is InChI=1S/C22H24N2O5/c1-22(2,3)28-21(25)23-13-14-26-20-15-19(29-24-20)16-9-11-18(12-10-16)27-17-7-5-4-6-8-17/h4-12,15H,13-14H2,1-3H3,(H,23,25). The number of carbonyl (C=O) groups is 1. The van der Waals surface area contributed by atoms with Crippen LogP contribution in [-0.2, 0) is 4.74 Å². The van der Waals surface area contributed by atoms with Crippen LogP contribution in [0.4, 0.5) is 4.79 Å². The van der Waals surface area contributed by atoms with Crippen molar-refractivity contribution in [3.05, 3.63) is 60.7 Å². The number of amides is 1. The van der Waals surface area contributed by atoms with Crippen molar-refractivity contribution in [3.8, 4) is 28.7 Å². The second-order valence-electron chi connectivity index (χ2n) is 7.25. The van der Waals surface area contributed by atoms with Gasteiger partial charge in [-0.05, 0) is 62.3 Å². The lowest BCUT2D eigenvalue weighted by Crippen LogP contribution is -2.34. The summed E-state index contributed by atoms with van der Waals surface area (Å²) < 4.78 is 21.7. The number of carbonyl (C=O) groups excluding carboxylic acids is 1. The Balaban J connectivity index is 1.47. The minimum absolute atomic E-state index is 0.245. The summed E-state index contributed by atoms with van der Waals surface area (Å²) in [4.78, 5) is 11.6. The Morgan fingerprint density at radius 3 is 2.41 bits per heavy atom. The third-order valence-corrected chi connectivity index (χ3v) is 3.63. The highest BCUT2D eigenvalue weighted by Crippen LogP contribution is 2.27. The number of para-hydroxylation sites is 1. The van der Waals surface area contributed by atoms with Gasteiger partial charge >= 0.3 is 6.09 Å². The number of ether oxygens (including phenoxy) is 3. The summed E-state index contributed by atoms with van der Waals surface area (Å²) in [5, 5.41) is 6.50. The van der Waals surface area contributed by atoms with Gasteiger partial charge in [0.05, 0.1) is 6.54 Å². The van der Waals surface area contributed by atoms with Gasteiger partial charge in [-0.3, -0.25) is 0 Å². The minimum atomic E-state index is -0.534. The molecule has 0 fully saturated rings. The molecule has 7 nitrogen and oxygen atoms in total. The van der Waals surface area contributed by atoms with Crippen LogP contribution in [0, 0.1) is 0 Å². The Bertz CT molecular complexity index is 914. The molecule has 0 aliphatic heterocycles. The van der Waals surface area contributed by atoms with Crippen molar-refractivity contribution in [2.75, 3.05) is 13.2 Å². The number of hydrogen-bond acceptors (Lipinski definition) is 6. The van der Waals surface area contributed by atoms with Crippen molar-refractivity contribution in [2.24, 2.45) is 0 Å². The summed E-state index contributed by atoms with van der Waals surface area (Å²) in [7, 11) is 0. The van der Waals surface area contributed by atoms with Crippen LogP contribution >= 0.6 is 0 Å². The molecule has 7 heteroatoms. The van der Waals surface area contributed by atoms with Gasteiger partial charge in [0.2, 0.25) is 0 Å². The highest BCUT2D eigenvalue weighted by atomic mass is 16.6. The lowest BCUT2D eigenvalue weighted by molar-refractivity contribution is 0.0519. The number of nitrogens with zero attached hydrogens (tertiary/aromatic N) is 1. The number of hydrogen-bond donors (Lipinski definition) is 1. The normalized spacial score (nSPS) is 11.0. The molecule has 0 aliphatic rings. The summed E-state index contributed by atoms with van der Waals surface area (Å²) in [6.07, 6.45) is -0.486. The first-order valence-corrected chi connectivity index (χ1v) is 9.29. The summed E-state index contributed by atoms with van der Waals surface area (Å²) in [6, 6.07) is 18.7. The molecule has 3 aromatic rings. The summed E-state index contributed by atoms with van der Waals surface area (Å²) in [6.45, 7) is 5.96. The van der Waals surface area contributed by atoms with Crippen molar-refractivity contribution < 1.29 is 23.5 Å². The molecule has 2 aromatic carbocycles. The number of alkyl carbamates (subject to hydrolysis) is 1. The molecule has 0 saturated heterocycles. The van der Waals surface area contributed by atoms with Gasteiger partial charge in [0.1, 0.15) is 23.7 Å². The van der Waals surface area contributed by atoms with Crippen molar-refractivity contribution >= 4 is 6.09 Å². The van der Waals surface area contributed by atoms with E-state index in [0.29, 0.717) is 18.2 Å². The molecule has 0 saturated carbocycles. The van der Waals surface area contributed by atoms with E-state index in [4.69, 9.17) is 18.7 Å². The van der Waals surface area contributed by atoms with Gasteiger partial charge < -0.3 is 24.1 Å². The molecule has 1 N–H and O–H groups in total. The molecule has 0 aliphatic carbocycles. The Morgan fingerprint density at radius 1 is 1.03 bits per heavy atom. The Kier molecular flexibility index (Phi) is 6.39. The quantitative estimate of drug-likeness (QED) is 0.564. The average molecular weight is 396 g/mol. The highest BCUT2D eigenvalue weighted by molar-refractivity contribution is 5.67. The van der Waals surface area contributed by atoms with E-state index in [1.165, 1.54) is 0 Å². The molecule has 152 valence electrons. The SMILES string of the molecule is CC(C)(C)OC(=O)NCCOc1cc(-c2ccc(Oc3ccccc3)cc2)on1. The van der Waals surface area contributed by atoms with Gasteiger partial charge in [-0.1, -0.05) is 18.2 Å². The monoisotopic (exact) mass is 396 g/mol. The van der Waals surface area contributed by atoms with Gasteiger partial charge in [0, 0.05) is 11.6 Å². The fourth-order valence-electron chi connectivity index (χ4n) is 2.40. The Labute approximate surface area is 169 Å². The minimum Gasteiger partial charge on any atom is -0.474 e. The van der Waals surface area contributed by atoms with Crippen molar-refractivity contribution in [1.82, 2.24) is 10.5 Å². The Morgan fingerprint density at radius 2 is 1.72 bits per heavy atom. The zero-order valence-electron chi connectivity index (χ0n) is 16.7. The fourth-order valence-corrected chi connectivity index (χ4v) is 2.40. The first-order valence-electron chi connectivity index (χ1n) is 9.29. The van der Waals surface area contributed by atoms with Crippen LogP contribution in [0.5, 0.6) is 17.4 Å². The van der Waals surface area contributed by atoms with E-state index in [1.54, 1.807) is 26.8 Å². The maximum Gasteiger partial charge on any atom is 0.407 e. The summed E-state index contributed by atoms with van der Waals surface area (Å²) >= 11 is 0. The molecular formula is C22H24N2O5. The zero-order valence-corrected chi connectivity index (χ0v) is 16.7. The molecule has 0 unspecified atom stereocenters. The van der Waals surface area contributed by atoms with Crippen molar-refractivity contribution in [1.29, 1.82) is 0 Å². The molecule has 0 spiro atoms. The smallest absolute Gasteiger partial charge is 0.407 e. The largest absolute Gasteiger partial charge is 0.474 e. The average Bonchev–Trinajstić information content (AvgIpc) is 3.14. The van der Waals surface area contributed by atoms with Crippen molar-refractivity contribution in [3.63, 3.8) is 0 Å². The predicted octanol–water partition coefficient (Wildman–Crippen LogP) is 5.04. The molecule has 29 heavy (non-hydrogen) atoms. The number of nitrogens with one attached hydrogen (secondary N) is 1. The maximum absolute atomic E-state index is 11.6. The van der Waals surface area contributed by atoms with Gasteiger partial charge in [-0.25, -0.2) is 4.79 Å². The predicted molar refractivity (Wildman–Crippen MR) is 108 cm³/mol. The highest BCUT2D eigenvalue weighted by Gasteiger charge is 2.15. The molecule has 1 aromatic heterocycles. The van der Waals surface area contributed by atoms with E-state index in [9.17, 15) is 4.79 Å². The Hall–Kier alpha value is -3.48. The molecule has 1 amide bonds. The van der Waals surface area contributed by atoms with Gasteiger partial charge in [-0.15, -0.1) is 0 Å². The van der Waals surface area contributed by atoms with E-state index in [0.717, 1.165) is 17.1 Å². The van der Waals surface area contributed by atoms with Crippen LogP contribution in [-0.4, -0.2) is 30.0 Å². The van der Waals surface area contributed by atoms with E-state index in [-0.39, 0.29) is 6.61 Å². The summed E-state index contributed by atoms with van der Waals surface area (Å²) in [5.41, 5.74) is 0.313. The third kappa shape index (κ3) is 6.57. The maximum atomic E-state index is 11.6. The van der Waals surface area contributed by atoms with Crippen molar-refractivity contribution in [2.45, 2.75) is 26.4 Å². The lowest BCUT2D eigenvalue weighted by atomic mass is 10.2. The second kappa shape index (κ2) is 9.14. The molecule has 0 radical (unpaired) electrons. The third-order valence-electron chi connectivity index (χ3n) is 3.63. The molecular weight excluding hydrogens is 372 g/mol. The first kappa shape index (κ1) is 20.3. The van der Waals surface area contributed by atoms with E-state index in [2.05, 4.69) is 10.5 Å². The first-order chi connectivity index (χ1) is 13.9. The fraction of sp³-hybridized carbons (Fsp3) is 0.273. The topological polar surface area (TPSA) is 82.8 Å². The van der Waals surface area contributed by atoms with Crippen LogP contribution in [0.25, 0.3) is 11.3 Å². The zero-order chi connectivity index (χ0) is 20.7. The van der Waals surface area contributed by atoms with E-state index >= 15 is 0 Å². The van der Waals surface area contributed by atoms with Gasteiger partial charge in [-0.2, -0.15) is 0 Å². The molecule has 3 rings (SSSR count). The van der Waals surface area contributed by atoms with E-state index in [1.807, 2.05) is 54.6 Å². The van der Waals surface area contributed by atoms with Crippen LogP contribution in [0.1, 0.15) is 20.8 Å². The number of rotatable bonds is 7. The van der Waals surface area contributed by atoms with Gasteiger partial charge in [0.15, 0.2) is 5.76 Å². The second-order valence-corrected chi connectivity index (χ2v) is 7.25. The van der Waals surface area contributed by atoms with E-state index < -0.39 is 11.7 Å². The number of aromatic nitrogens is 1. The van der Waals surface area contributed by atoms with Crippen LogP contribution in [0.2, 0.25) is 0 Å². The number of benzene rings is 2. The lowest BCUT2D eigenvalue weighted by Gasteiger charge is -2.19. The van der Waals surface area contributed by atoms with Gasteiger partial charge in [0.25, 0.3) is 5.88 Å². The van der Waals surface area contributed by atoms with Crippen LogP contribution in [0.3, 0.4) is 0 Å². The van der Waals surface area contributed by atoms with Crippen LogP contribution < -0.4 is 14.8 Å². The van der Waals surface area contributed by atoms with Crippen LogP contribution in [0.15, 0.2) is 65.2 Å². The molecule has 1 heterocycles. The summed E-state index contributed by atoms with van der Waals surface area (Å²) in [5.74, 6) is 2.42. The molecule has 0 atom stereocenters.